The van der Waals surface area contributed by atoms with E-state index in [2.05, 4.69) is 18.7 Å². The van der Waals surface area contributed by atoms with E-state index in [4.69, 9.17) is 5.73 Å². The molecule has 2 rings (SSSR count). The Morgan fingerprint density at radius 1 is 1.21 bits per heavy atom. The van der Waals surface area contributed by atoms with Crippen molar-refractivity contribution in [1.82, 2.24) is 4.90 Å². The molecule has 1 saturated carbocycles. The largest absolute Gasteiger partial charge is 0.338 e. The van der Waals surface area contributed by atoms with Crippen molar-refractivity contribution in [3.8, 4) is 0 Å². The summed E-state index contributed by atoms with van der Waals surface area (Å²) in [6, 6.07) is 0.297. The lowest BCUT2D eigenvalue weighted by Gasteiger charge is -2.41. The van der Waals surface area contributed by atoms with Crippen LogP contribution in [0.2, 0.25) is 0 Å². The number of hydrogen-bond acceptors (Lipinski definition) is 2. The second kappa shape index (κ2) is 6.74. The van der Waals surface area contributed by atoms with Gasteiger partial charge >= 0.3 is 0 Å². The van der Waals surface area contributed by atoms with Gasteiger partial charge in [-0.25, -0.2) is 0 Å². The van der Waals surface area contributed by atoms with Crippen molar-refractivity contribution in [2.45, 2.75) is 64.8 Å². The third kappa shape index (κ3) is 3.50. The highest BCUT2D eigenvalue weighted by Gasteiger charge is 2.34. The smallest absolute Gasteiger partial charge is 0.225 e. The van der Waals surface area contributed by atoms with Gasteiger partial charge in [0, 0.05) is 25.0 Å². The summed E-state index contributed by atoms with van der Waals surface area (Å²) in [7, 11) is 0. The number of likely N-dealkylation sites (tertiary alicyclic amines) is 1. The van der Waals surface area contributed by atoms with Crippen LogP contribution >= 0.6 is 0 Å². The quantitative estimate of drug-likeness (QED) is 0.854. The molecule has 110 valence electrons. The number of carbonyl (C=O) groups excluding carboxylic acids is 1. The number of nitrogens with zero attached hydrogens (tertiary/aromatic N) is 1. The number of hydrogen-bond donors (Lipinski definition) is 1. The van der Waals surface area contributed by atoms with Crippen molar-refractivity contribution in [3.63, 3.8) is 0 Å². The van der Waals surface area contributed by atoms with Gasteiger partial charge in [0.1, 0.15) is 0 Å². The Hall–Kier alpha value is -0.570. The zero-order valence-corrected chi connectivity index (χ0v) is 12.6. The molecule has 2 N–H and O–H groups in total. The lowest BCUT2D eigenvalue weighted by molar-refractivity contribution is -0.141. The topological polar surface area (TPSA) is 46.3 Å². The van der Waals surface area contributed by atoms with Crippen LogP contribution in [0.15, 0.2) is 0 Å². The van der Waals surface area contributed by atoms with E-state index in [-0.39, 0.29) is 5.92 Å². The summed E-state index contributed by atoms with van der Waals surface area (Å²) in [5.74, 6) is 2.25. The van der Waals surface area contributed by atoms with E-state index in [1.807, 2.05) is 0 Å². The van der Waals surface area contributed by atoms with Crippen molar-refractivity contribution in [2.75, 3.05) is 13.1 Å². The van der Waals surface area contributed by atoms with Gasteiger partial charge in [-0.15, -0.1) is 0 Å². The molecule has 1 aliphatic carbocycles. The first-order chi connectivity index (χ1) is 9.15. The highest BCUT2D eigenvalue weighted by atomic mass is 16.2. The van der Waals surface area contributed by atoms with Crippen molar-refractivity contribution < 1.29 is 4.79 Å². The van der Waals surface area contributed by atoms with Crippen molar-refractivity contribution in [3.05, 3.63) is 0 Å². The minimum absolute atomic E-state index is 0.281. The molecular formula is C16H30N2O. The SMILES string of the molecule is CCC1CCN(C(=O)C2CCC(C)CC2)C(CN)C1. The molecule has 0 bridgehead atoms. The lowest BCUT2D eigenvalue weighted by atomic mass is 9.81. The fraction of sp³-hybridized carbons (Fsp3) is 0.938. The maximum absolute atomic E-state index is 12.7. The van der Waals surface area contributed by atoms with Crippen LogP contribution in [0.25, 0.3) is 0 Å². The zero-order chi connectivity index (χ0) is 13.8. The first-order valence-electron chi connectivity index (χ1n) is 8.16. The van der Waals surface area contributed by atoms with Gasteiger partial charge in [-0.1, -0.05) is 20.3 Å². The molecule has 1 amide bonds. The second-order valence-electron chi connectivity index (χ2n) is 6.68. The van der Waals surface area contributed by atoms with E-state index in [0.29, 0.717) is 18.5 Å². The predicted molar refractivity (Wildman–Crippen MR) is 78.7 cm³/mol. The van der Waals surface area contributed by atoms with Crippen LogP contribution in [0, 0.1) is 17.8 Å². The van der Waals surface area contributed by atoms with Crippen molar-refractivity contribution >= 4 is 5.91 Å². The molecule has 1 saturated heterocycles. The molecule has 19 heavy (non-hydrogen) atoms. The van der Waals surface area contributed by atoms with Gasteiger partial charge in [-0.2, -0.15) is 0 Å². The molecule has 0 radical (unpaired) electrons. The molecule has 2 atom stereocenters. The summed E-state index contributed by atoms with van der Waals surface area (Å²) in [5, 5.41) is 0. The molecule has 2 aliphatic rings. The minimum Gasteiger partial charge on any atom is -0.338 e. The molecule has 3 heteroatoms. The van der Waals surface area contributed by atoms with Gasteiger partial charge in [0.15, 0.2) is 0 Å². The van der Waals surface area contributed by atoms with Gasteiger partial charge in [0.25, 0.3) is 0 Å². The number of amides is 1. The molecular weight excluding hydrogens is 236 g/mol. The fourth-order valence-electron chi connectivity index (χ4n) is 3.76. The second-order valence-corrected chi connectivity index (χ2v) is 6.68. The van der Waals surface area contributed by atoms with Gasteiger partial charge in [0.2, 0.25) is 5.91 Å². The number of piperidine rings is 1. The monoisotopic (exact) mass is 266 g/mol. The zero-order valence-electron chi connectivity index (χ0n) is 12.6. The maximum Gasteiger partial charge on any atom is 0.225 e. The van der Waals surface area contributed by atoms with Crippen LogP contribution in [0.1, 0.15) is 58.8 Å². The summed E-state index contributed by atoms with van der Waals surface area (Å²) in [5.41, 5.74) is 5.91. The molecule has 0 aromatic carbocycles. The van der Waals surface area contributed by atoms with Crippen molar-refractivity contribution in [1.29, 1.82) is 0 Å². The molecule has 0 aromatic rings. The number of rotatable bonds is 3. The molecule has 0 spiro atoms. The Labute approximate surface area is 117 Å². The Morgan fingerprint density at radius 2 is 1.89 bits per heavy atom. The Bertz CT molecular complexity index is 297. The van der Waals surface area contributed by atoms with E-state index in [9.17, 15) is 4.79 Å². The number of nitrogens with two attached hydrogens (primary N) is 1. The Kier molecular flexibility index (Phi) is 5.26. The fourth-order valence-corrected chi connectivity index (χ4v) is 3.76. The van der Waals surface area contributed by atoms with Crippen LogP contribution in [-0.4, -0.2) is 29.9 Å². The molecule has 1 aliphatic heterocycles. The van der Waals surface area contributed by atoms with Crippen molar-refractivity contribution in [2.24, 2.45) is 23.5 Å². The molecule has 2 unspecified atom stereocenters. The highest BCUT2D eigenvalue weighted by Crippen LogP contribution is 2.32. The van der Waals surface area contributed by atoms with E-state index in [0.717, 1.165) is 37.6 Å². The Morgan fingerprint density at radius 3 is 2.47 bits per heavy atom. The van der Waals surface area contributed by atoms with Gasteiger partial charge < -0.3 is 10.6 Å². The summed E-state index contributed by atoms with van der Waals surface area (Å²) < 4.78 is 0. The predicted octanol–water partition coefficient (Wildman–Crippen LogP) is 2.79. The summed E-state index contributed by atoms with van der Waals surface area (Å²) in [4.78, 5) is 14.8. The van der Waals surface area contributed by atoms with E-state index >= 15 is 0 Å². The summed E-state index contributed by atoms with van der Waals surface area (Å²) >= 11 is 0. The summed E-state index contributed by atoms with van der Waals surface area (Å²) in [6.07, 6.45) is 8.11. The summed E-state index contributed by atoms with van der Waals surface area (Å²) in [6.45, 7) is 6.12. The maximum atomic E-state index is 12.7. The third-order valence-electron chi connectivity index (χ3n) is 5.32. The van der Waals surface area contributed by atoms with Gasteiger partial charge in [0.05, 0.1) is 0 Å². The molecule has 2 fully saturated rings. The molecule has 1 heterocycles. The molecule has 0 aromatic heterocycles. The normalized spacial score (nSPS) is 36.3. The van der Waals surface area contributed by atoms with Crippen LogP contribution in [0.3, 0.4) is 0 Å². The molecule has 3 nitrogen and oxygen atoms in total. The van der Waals surface area contributed by atoms with Gasteiger partial charge in [-0.05, 0) is 50.4 Å². The lowest BCUT2D eigenvalue weighted by Crippen LogP contribution is -2.51. The Balaban J connectivity index is 1.94. The van der Waals surface area contributed by atoms with Crippen LogP contribution in [0.5, 0.6) is 0 Å². The van der Waals surface area contributed by atoms with Crippen LogP contribution in [-0.2, 0) is 4.79 Å². The standard InChI is InChI=1S/C16H30N2O/c1-3-13-8-9-18(15(10-13)11-17)16(19)14-6-4-12(2)5-7-14/h12-15H,3-11,17H2,1-2H3. The average molecular weight is 266 g/mol. The van der Waals surface area contributed by atoms with E-state index in [1.54, 1.807) is 0 Å². The highest BCUT2D eigenvalue weighted by molar-refractivity contribution is 5.79. The van der Waals surface area contributed by atoms with Crippen LogP contribution < -0.4 is 5.73 Å². The average Bonchev–Trinajstić information content (AvgIpc) is 2.46. The van der Waals surface area contributed by atoms with E-state index in [1.165, 1.54) is 25.7 Å². The first-order valence-corrected chi connectivity index (χ1v) is 8.16. The van der Waals surface area contributed by atoms with Crippen LogP contribution in [0.4, 0.5) is 0 Å². The number of carbonyl (C=O) groups is 1. The van der Waals surface area contributed by atoms with Gasteiger partial charge in [-0.3, -0.25) is 4.79 Å². The minimum atomic E-state index is 0.281. The third-order valence-corrected chi connectivity index (χ3v) is 5.32. The van der Waals surface area contributed by atoms with E-state index < -0.39 is 0 Å². The first kappa shape index (κ1) is 14.8.